The van der Waals surface area contributed by atoms with Gasteiger partial charge in [0.25, 0.3) is 0 Å². The van der Waals surface area contributed by atoms with Crippen molar-refractivity contribution in [1.82, 2.24) is 9.62 Å². The normalized spacial score (nSPS) is 16.4. The molecule has 5 nitrogen and oxygen atoms in total. The van der Waals surface area contributed by atoms with Crippen molar-refractivity contribution in [3.63, 3.8) is 0 Å². The number of sulfonamides is 1. The predicted molar refractivity (Wildman–Crippen MR) is 78.2 cm³/mol. The number of nitrogens with one attached hydrogen (secondary N) is 1. The fourth-order valence-corrected chi connectivity index (χ4v) is 3.61. The second kappa shape index (κ2) is 6.22. The number of fused-ring (bicyclic) bond motifs is 1. The summed E-state index contributed by atoms with van der Waals surface area (Å²) in [5.74, 6) is 0. The van der Waals surface area contributed by atoms with Crippen LogP contribution in [0.1, 0.15) is 17.5 Å². The molecule has 0 aliphatic heterocycles. The van der Waals surface area contributed by atoms with Gasteiger partial charge in [0, 0.05) is 13.1 Å². The van der Waals surface area contributed by atoms with Gasteiger partial charge in [-0.2, -0.15) is 0 Å². The largest absolute Gasteiger partial charge is 0.390 e. The first kappa shape index (κ1) is 15.4. The molecule has 1 unspecified atom stereocenters. The zero-order valence-corrected chi connectivity index (χ0v) is 12.8. The highest BCUT2D eigenvalue weighted by atomic mass is 32.2. The summed E-state index contributed by atoms with van der Waals surface area (Å²) in [4.78, 5) is 2.10. The number of hydrogen-bond acceptors (Lipinski definition) is 4. The number of aryl methyl sites for hydroxylation is 2. The Bertz CT molecular complexity index is 570. The van der Waals surface area contributed by atoms with Crippen molar-refractivity contribution < 1.29 is 13.5 Å². The lowest BCUT2D eigenvalue weighted by Crippen LogP contribution is -2.37. The van der Waals surface area contributed by atoms with Crippen molar-refractivity contribution in [2.24, 2.45) is 0 Å². The zero-order chi connectivity index (χ0) is 14.8. The van der Waals surface area contributed by atoms with Crippen LogP contribution in [-0.4, -0.2) is 51.7 Å². The Morgan fingerprint density at radius 3 is 2.70 bits per heavy atom. The van der Waals surface area contributed by atoms with Crippen molar-refractivity contribution in [2.75, 3.05) is 27.2 Å². The Kier molecular flexibility index (Phi) is 4.80. The molecule has 6 heteroatoms. The van der Waals surface area contributed by atoms with Crippen LogP contribution in [0.3, 0.4) is 0 Å². The van der Waals surface area contributed by atoms with Gasteiger partial charge in [0.1, 0.15) is 0 Å². The predicted octanol–water partition coefficient (Wildman–Crippen LogP) is 0.376. The maximum Gasteiger partial charge on any atom is 0.240 e. The quantitative estimate of drug-likeness (QED) is 0.796. The van der Waals surface area contributed by atoms with Crippen LogP contribution >= 0.6 is 0 Å². The standard InChI is InChI=1S/C14H22N2O3S/c1-16(2)10-13(17)9-15-20(18,19)14-7-6-11-4-3-5-12(11)8-14/h6-8,13,15,17H,3-5,9-10H2,1-2H3. The molecule has 2 N–H and O–H groups in total. The van der Waals surface area contributed by atoms with Gasteiger partial charge in [0.05, 0.1) is 11.0 Å². The molecule has 1 atom stereocenters. The molecule has 20 heavy (non-hydrogen) atoms. The molecule has 0 spiro atoms. The Balaban J connectivity index is 2.03. The summed E-state index contributed by atoms with van der Waals surface area (Å²) in [5.41, 5.74) is 2.37. The first-order valence-corrected chi connectivity index (χ1v) is 8.31. The number of likely N-dealkylation sites (N-methyl/N-ethyl adjacent to an activating group) is 1. The minimum absolute atomic E-state index is 0.0254. The zero-order valence-electron chi connectivity index (χ0n) is 12.0. The van der Waals surface area contributed by atoms with E-state index in [2.05, 4.69) is 4.72 Å². The summed E-state index contributed by atoms with van der Waals surface area (Å²) in [6.07, 6.45) is 2.36. The monoisotopic (exact) mass is 298 g/mol. The Labute approximate surface area is 120 Å². The smallest absolute Gasteiger partial charge is 0.240 e. The van der Waals surface area contributed by atoms with E-state index in [0.717, 1.165) is 24.8 Å². The fourth-order valence-electron chi connectivity index (χ4n) is 2.49. The van der Waals surface area contributed by atoms with Crippen molar-refractivity contribution in [3.05, 3.63) is 29.3 Å². The Hall–Kier alpha value is -0.950. The molecule has 1 aromatic rings. The third-order valence-electron chi connectivity index (χ3n) is 3.47. The molecule has 0 saturated carbocycles. The van der Waals surface area contributed by atoms with Crippen molar-refractivity contribution in [3.8, 4) is 0 Å². The first-order chi connectivity index (χ1) is 9.38. The van der Waals surface area contributed by atoms with E-state index in [4.69, 9.17) is 0 Å². The second-order valence-corrected chi connectivity index (χ2v) is 7.32. The van der Waals surface area contributed by atoms with E-state index in [1.807, 2.05) is 25.1 Å². The van der Waals surface area contributed by atoms with E-state index in [0.29, 0.717) is 6.54 Å². The molecule has 1 aromatic carbocycles. The van der Waals surface area contributed by atoms with Crippen molar-refractivity contribution in [2.45, 2.75) is 30.3 Å². The lowest BCUT2D eigenvalue weighted by atomic mass is 10.1. The first-order valence-electron chi connectivity index (χ1n) is 6.83. The highest BCUT2D eigenvalue weighted by molar-refractivity contribution is 7.89. The van der Waals surface area contributed by atoms with Crippen LogP contribution in [0.5, 0.6) is 0 Å². The molecule has 2 rings (SSSR count). The topological polar surface area (TPSA) is 69.6 Å². The van der Waals surface area contributed by atoms with Gasteiger partial charge in [-0.15, -0.1) is 0 Å². The van der Waals surface area contributed by atoms with Crippen molar-refractivity contribution >= 4 is 10.0 Å². The molecule has 0 saturated heterocycles. The molecular formula is C14H22N2O3S. The maximum absolute atomic E-state index is 12.2. The van der Waals surface area contributed by atoms with Gasteiger partial charge in [-0.1, -0.05) is 6.07 Å². The lowest BCUT2D eigenvalue weighted by Gasteiger charge is -2.16. The lowest BCUT2D eigenvalue weighted by molar-refractivity contribution is 0.140. The molecule has 0 fully saturated rings. The molecular weight excluding hydrogens is 276 g/mol. The number of benzene rings is 1. The number of aliphatic hydroxyl groups is 1. The number of hydrogen-bond donors (Lipinski definition) is 2. The van der Waals surface area contributed by atoms with E-state index < -0.39 is 16.1 Å². The minimum Gasteiger partial charge on any atom is -0.390 e. The fraction of sp³-hybridized carbons (Fsp3) is 0.571. The van der Waals surface area contributed by atoms with Gasteiger partial charge >= 0.3 is 0 Å². The van der Waals surface area contributed by atoms with E-state index in [9.17, 15) is 13.5 Å². The minimum atomic E-state index is -3.54. The molecule has 0 aromatic heterocycles. The third kappa shape index (κ3) is 3.79. The SMILES string of the molecule is CN(C)CC(O)CNS(=O)(=O)c1ccc2c(c1)CCC2. The van der Waals surface area contributed by atoms with Crippen LogP contribution in [0.15, 0.2) is 23.1 Å². The molecule has 0 heterocycles. The van der Waals surface area contributed by atoms with E-state index in [-0.39, 0.29) is 11.4 Å². The second-order valence-electron chi connectivity index (χ2n) is 5.55. The van der Waals surface area contributed by atoms with E-state index >= 15 is 0 Å². The van der Waals surface area contributed by atoms with Crippen LogP contribution in [0.25, 0.3) is 0 Å². The van der Waals surface area contributed by atoms with E-state index in [1.165, 1.54) is 5.56 Å². The Morgan fingerprint density at radius 2 is 2.00 bits per heavy atom. The molecule has 1 aliphatic rings. The molecule has 112 valence electrons. The van der Waals surface area contributed by atoms with Crippen LogP contribution in [-0.2, 0) is 22.9 Å². The average Bonchev–Trinajstić information content (AvgIpc) is 2.83. The summed E-state index contributed by atoms with van der Waals surface area (Å²) in [7, 11) is 0.122. The van der Waals surface area contributed by atoms with Gasteiger partial charge in [-0.3, -0.25) is 0 Å². The highest BCUT2D eigenvalue weighted by Gasteiger charge is 2.19. The molecule has 1 aliphatic carbocycles. The van der Waals surface area contributed by atoms with Gasteiger partial charge in [0.15, 0.2) is 0 Å². The van der Waals surface area contributed by atoms with Crippen LogP contribution < -0.4 is 4.72 Å². The summed E-state index contributed by atoms with van der Waals surface area (Å²) in [6, 6.07) is 5.29. The molecule has 0 radical (unpaired) electrons. The average molecular weight is 298 g/mol. The van der Waals surface area contributed by atoms with E-state index in [1.54, 1.807) is 12.1 Å². The number of aliphatic hydroxyl groups excluding tert-OH is 1. The summed E-state index contributed by atoms with van der Waals surface area (Å²) in [5, 5.41) is 9.72. The maximum atomic E-state index is 12.2. The number of rotatable bonds is 6. The highest BCUT2D eigenvalue weighted by Crippen LogP contribution is 2.24. The Morgan fingerprint density at radius 1 is 1.30 bits per heavy atom. The van der Waals surface area contributed by atoms with Gasteiger partial charge in [0.2, 0.25) is 10.0 Å². The van der Waals surface area contributed by atoms with Gasteiger partial charge in [-0.25, -0.2) is 13.1 Å². The van der Waals surface area contributed by atoms with Gasteiger partial charge < -0.3 is 10.0 Å². The van der Waals surface area contributed by atoms with Gasteiger partial charge in [-0.05, 0) is 56.6 Å². The number of nitrogens with zero attached hydrogens (tertiary/aromatic N) is 1. The molecule has 0 amide bonds. The van der Waals surface area contributed by atoms with Crippen LogP contribution in [0.4, 0.5) is 0 Å². The van der Waals surface area contributed by atoms with Crippen molar-refractivity contribution in [1.29, 1.82) is 0 Å². The van der Waals surface area contributed by atoms with Crippen LogP contribution in [0, 0.1) is 0 Å². The summed E-state index contributed by atoms with van der Waals surface area (Å²) >= 11 is 0. The molecule has 0 bridgehead atoms. The summed E-state index contributed by atoms with van der Waals surface area (Å²) in [6.45, 7) is 0.449. The third-order valence-corrected chi connectivity index (χ3v) is 4.89. The summed E-state index contributed by atoms with van der Waals surface area (Å²) < 4.78 is 26.8. The van der Waals surface area contributed by atoms with Crippen LogP contribution in [0.2, 0.25) is 0 Å².